The van der Waals surface area contributed by atoms with Crippen molar-refractivity contribution in [1.82, 2.24) is 5.32 Å². The molecule has 0 amide bonds. The third-order valence-electron chi connectivity index (χ3n) is 3.52. The summed E-state index contributed by atoms with van der Waals surface area (Å²) in [6, 6.07) is 6.46. The van der Waals surface area contributed by atoms with Crippen molar-refractivity contribution in [1.29, 1.82) is 0 Å². The van der Waals surface area contributed by atoms with Crippen LogP contribution in [0, 0.1) is 12.8 Å². The minimum absolute atomic E-state index is 0.316. The van der Waals surface area contributed by atoms with Gasteiger partial charge in [-0.25, -0.2) is 0 Å². The Balaban J connectivity index is 1.80. The molecule has 0 bridgehead atoms. The molecule has 94 valence electrons. The van der Waals surface area contributed by atoms with Crippen LogP contribution in [0.15, 0.2) is 18.2 Å². The van der Waals surface area contributed by atoms with Crippen LogP contribution in [0.25, 0.3) is 0 Å². The molecule has 2 rings (SSSR count). The molecule has 1 aliphatic heterocycles. The predicted octanol–water partition coefficient (Wildman–Crippen LogP) is 2.93. The van der Waals surface area contributed by atoms with E-state index in [0.29, 0.717) is 6.10 Å². The summed E-state index contributed by atoms with van der Waals surface area (Å²) >= 11 is 0. The van der Waals surface area contributed by atoms with E-state index in [2.05, 4.69) is 44.3 Å². The normalized spacial score (nSPS) is 19.8. The summed E-state index contributed by atoms with van der Waals surface area (Å²) in [5, 5.41) is 3.50. The van der Waals surface area contributed by atoms with Gasteiger partial charge in [-0.05, 0) is 31.0 Å². The van der Waals surface area contributed by atoms with Gasteiger partial charge in [0.05, 0.1) is 0 Å². The molecule has 1 N–H and O–H groups in total. The Kier molecular flexibility index (Phi) is 4.06. The summed E-state index contributed by atoms with van der Waals surface area (Å²) in [6.45, 7) is 8.69. The highest BCUT2D eigenvalue weighted by Gasteiger charge is 2.22. The Hall–Kier alpha value is -1.02. The number of ether oxygens (including phenoxy) is 1. The number of rotatable bonds is 5. The van der Waals surface area contributed by atoms with Crippen LogP contribution in [0.3, 0.4) is 0 Å². The first kappa shape index (κ1) is 12.4. The van der Waals surface area contributed by atoms with E-state index in [1.165, 1.54) is 17.5 Å². The molecule has 0 aliphatic carbocycles. The Morgan fingerprint density at radius 2 is 2.29 bits per heavy atom. The lowest BCUT2D eigenvalue weighted by Crippen LogP contribution is -2.32. The number of fused-ring (bicyclic) bond motifs is 1. The average Bonchev–Trinajstić information content (AvgIpc) is 2.70. The predicted molar refractivity (Wildman–Crippen MR) is 71.6 cm³/mol. The van der Waals surface area contributed by atoms with E-state index in [0.717, 1.165) is 31.2 Å². The molecular formula is C15H23NO. The van der Waals surface area contributed by atoms with Gasteiger partial charge in [-0.15, -0.1) is 0 Å². The standard InChI is InChI=1S/C15H23NO/c1-4-11(2)9-16-10-14-8-13-7-12(3)5-6-15(13)17-14/h5-7,11,14,16H,4,8-10H2,1-3H3. The second-order valence-electron chi connectivity index (χ2n) is 5.23. The molecule has 2 atom stereocenters. The molecule has 0 saturated carbocycles. The summed E-state index contributed by atoms with van der Waals surface area (Å²) in [7, 11) is 0. The molecule has 1 aliphatic rings. The highest BCUT2D eigenvalue weighted by Crippen LogP contribution is 2.29. The first-order valence-electron chi connectivity index (χ1n) is 6.66. The Labute approximate surface area is 104 Å². The van der Waals surface area contributed by atoms with E-state index in [4.69, 9.17) is 4.74 Å². The second-order valence-corrected chi connectivity index (χ2v) is 5.23. The fraction of sp³-hybridized carbons (Fsp3) is 0.600. The average molecular weight is 233 g/mol. The zero-order valence-corrected chi connectivity index (χ0v) is 11.1. The number of nitrogens with one attached hydrogen (secondary N) is 1. The van der Waals surface area contributed by atoms with Crippen molar-refractivity contribution in [3.63, 3.8) is 0 Å². The lowest BCUT2D eigenvalue weighted by atomic mass is 10.1. The van der Waals surface area contributed by atoms with Gasteiger partial charge < -0.3 is 10.1 Å². The number of hydrogen-bond acceptors (Lipinski definition) is 2. The van der Waals surface area contributed by atoms with Gasteiger partial charge in [0.25, 0.3) is 0 Å². The summed E-state index contributed by atoms with van der Waals surface area (Å²) in [5.41, 5.74) is 2.68. The van der Waals surface area contributed by atoms with Crippen molar-refractivity contribution in [2.45, 2.75) is 39.7 Å². The van der Waals surface area contributed by atoms with Gasteiger partial charge in [-0.3, -0.25) is 0 Å². The van der Waals surface area contributed by atoms with Crippen LogP contribution in [0.1, 0.15) is 31.4 Å². The zero-order chi connectivity index (χ0) is 12.3. The highest BCUT2D eigenvalue weighted by molar-refractivity contribution is 5.40. The van der Waals surface area contributed by atoms with Crippen LogP contribution in [-0.2, 0) is 6.42 Å². The van der Waals surface area contributed by atoms with E-state index in [-0.39, 0.29) is 0 Å². The zero-order valence-electron chi connectivity index (χ0n) is 11.1. The fourth-order valence-corrected chi connectivity index (χ4v) is 2.20. The minimum atomic E-state index is 0.316. The van der Waals surface area contributed by atoms with Crippen molar-refractivity contribution in [3.05, 3.63) is 29.3 Å². The van der Waals surface area contributed by atoms with Crippen LogP contribution in [0.2, 0.25) is 0 Å². The molecule has 2 heteroatoms. The highest BCUT2D eigenvalue weighted by atomic mass is 16.5. The van der Waals surface area contributed by atoms with E-state index < -0.39 is 0 Å². The van der Waals surface area contributed by atoms with Crippen molar-refractivity contribution >= 4 is 0 Å². The van der Waals surface area contributed by atoms with E-state index in [9.17, 15) is 0 Å². The van der Waals surface area contributed by atoms with Crippen molar-refractivity contribution in [2.24, 2.45) is 5.92 Å². The SMILES string of the molecule is CCC(C)CNCC1Cc2cc(C)ccc2O1. The van der Waals surface area contributed by atoms with E-state index in [1.54, 1.807) is 0 Å². The maximum Gasteiger partial charge on any atom is 0.123 e. The molecule has 0 spiro atoms. The molecule has 17 heavy (non-hydrogen) atoms. The smallest absolute Gasteiger partial charge is 0.123 e. The van der Waals surface area contributed by atoms with Gasteiger partial charge in [-0.2, -0.15) is 0 Å². The molecule has 0 radical (unpaired) electrons. The first-order valence-corrected chi connectivity index (χ1v) is 6.66. The Morgan fingerprint density at radius 1 is 1.47 bits per heavy atom. The van der Waals surface area contributed by atoms with Crippen LogP contribution in [-0.4, -0.2) is 19.2 Å². The molecule has 1 heterocycles. The van der Waals surface area contributed by atoms with Gasteiger partial charge in [0.2, 0.25) is 0 Å². The van der Waals surface area contributed by atoms with Crippen LogP contribution in [0.5, 0.6) is 5.75 Å². The van der Waals surface area contributed by atoms with Crippen molar-refractivity contribution < 1.29 is 4.74 Å². The van der Waals surface area contributed by atoms with Crippen molar-refractivity contribution in [3.8, 4) is 5.75 Å². The van der Waals surface area contributed by atoms with Crippen LogP contribution >= 0.6 is 0 Å². The maximum absolute atomic E-state index is 5.91. The molecule has 0 fully saturated rings. The van der Waals surface area contributed by atoms with Gasteiger partial charge in [0, 0.05) is 13.0 Å². The van der Waals surface area contributed by atoms with E-state index >= 15 is 0 Å². The van der Waals surface area contributed by atoms with Crippen LogP contribution < -0.4 is 10.1 Å². The van der Waals surface area contributed by atoms with E-state index in [1.807, 2.05) is 0 Å². The lowest BCUT2D eigenvalue weighted by Gasteiger charge is -2.14. The molecule has 1 aromatic carbocycles. The third kappa shape index (κ3) is 3.22. The lowest BCUT2D eigenvalue weighted by molar-refractivity contribution is 0.225. The third-order valence-corrected chi connectivity index (χ3v) is 3.52. The molecule has 2 unspecified atom stereocenters. The maximum atomic E-state index is 5.91. The van der Waals surface area contributed by atoms with Gasteiger partial charge in [0.15, 0.2) is 0 Å². The van der Waals surface area contributed by atoms with Crippen LogP contribution in [0.4, 0.5) is 0 Å². The topological polar surface area (TPSA) is 21.3 Å². The monoisotopic (exact) mass is 233 g/mol. The molecular weight excluding hydrogens is 210 g/mol. The molecule has 0 aromatic heterocycles. The first-order chi connectivity index (χ1) is 8.19. The Bertz CT molecular complexity index is 375. The minimum Gasteiger partial charge on any atom is -0.488 e. The van der Waals surface area contributed by atoms with Gasteiger partial charge in [0.1, 0.15) is 11.9 Å². The Morgan fingerprint density at radius 3 is 3.06 bits per heavy atom. The quantitative estimate of drug-likeness (QED) is 0.844. The number of aryl methyl sites for hydroxylation is 1. The second kappa shape index (κ2) is 5.54. The number of benzene rings is 1. The van der Waals surface area contributed by atoms with Gasteiger partial charge in [-0.1, -0.05) is 38.0 Å². The summed E-state index contributed by atoms with van der Waals surface area (Å²) < 4.78 is 5.91. The summed E-state index contributed by atoms with van der Waals surface area (Å²) in [6.07, 6.45) is 2.60. The summed E-state index contributed by atoms with van der Waals surface area (Å²) in [4.78, 5) is 0. The molecule has 0 saturated heterocycles. The molecule has 1 aromatic rings. The number of hydrogen-bond donors (Lipinski definition) is 1. The van der Waals surface area contributed by atoms with Gasteiger partial charge >= 0.3 is 0 Å². The fourth-order valence-electron chi connectivity index (χ4n) is 2.20. The summed E-state index contributed by atoms with van der Waals surface area (Å²) in [5.74, 6) is 1.83. The van der Waals surface area contributed by atoms with Crippen molar-refractivity contribution in [2.75, 3.05) is 13.1 Å². The largest absolute Gasteiger partial charge is 0.488 e. The molecule has 2 nitrogen and oxygen atoms in total.